The summed E-state index contributed by atoms with van der Waals surface area (Å²) < 4.78 is 0. The lowest BCUT2D eigenvalue weighted by atomic mass is 10.1. The van der Waals surface area contributed by atoms with Crippen molar-refractivity contribution in [2.75, 3.05) is 18.4 Å². The topological polar surface area (TPSA) is 33.5 Å². The minimum atomic E-state index is 0.256. The second-order valence-electron chi connectivity index (χ2n) is 5.52. The first-order valence-electron chi connectivity index (χ1n) is 7.24. The average Bonchev–Trinajstić information content (AvgIpc) is 2.82. The lowest BCUT2D eigenvalue weighted by Gasteiger charge is -2.27. The van der Waals surface area contributed by atoms with E-state index in [1.54, 1.807) is 4.90 Å². The Kier molecular flexibility index (Phi) is 3.65. The number of allylic oxidation sites excluding steroid dienone is 1. The minimum absolute atomic E-state index is 0.256. The maximum absolute atomic E-state index is 12.1. The Balaban J connectivity index is 1.69. The van der Waals surface area contributed by atoms with Crippen molar-refractivity contribution in [2.45, 2.75) is 31.7 Å². The highest BCUT2D eigenvalue weighted by molar-refractivity contribution is 6.00. The van der Waals surface area contributed by atoms with Crippen LogP contribution in [0.2, 0.25) is 0 Å². The van der Waals surface area contributed by atoms with Crippen LogP contribution < -0.4 is 10.2 Å². The van der Waals surface area contributed by atoms with Gasteiger partial charge in [-0.25, -0.2) is 0 Å². The lowest BCUT2D eigenvalue weighted by molar-refractivity contribution is -0.922. The van der Waals surface area contributed by atoms with Gasteiger partial charge in [-0.3, -0.25) is 4.79 Å². The number of ketones is 1. The highest BCUT2D eigenvalue weighted by atomic mass is 16.1. The molecular weight excluding hydrogens is 236 g/mol. The summed E-state index contributed by atoms with van der Waals surface area (Å²) in [5.41, 5.74) is 1.78. The van der Waals surface area contributed by atoms with Crippen molar-refractivity contribution < 1.29 is 9.69 Å². The number of hydrogen-bond acceptors (Lipinski definition) is 2. The van der Waals surface area contributed by atoms with Crippen LogP contribution in [0.25, 0.3) is 0 Å². The molecular formula is C16H21N2O+. The molecule has 0 unspecified atom stereocenters. The predicted octanol–water partition coefficient (Wildman–Crippen LogP) is 1.39. The van der Waals surface area contributed by atoms with Crippen LogP contribution >= 0.6 is 0 Å². The van der Waals surface area contributed by atoms with E-state index in [4.69, 9.17) is 0 Å². The van der Waals surface area contributed by atoms with Crippen molar-refractivity contribution in [2.24, 2.45) is 0 Å². The summed E-state index contributed by atoms with van der Waals surface area (Å²) >= 11 is 0. The monoisotopic (exact) mass is 257 g/mol. The molecule has 1 saturated heterocycles. The fraction of sp³-hybridized carbons (Fsp3) is 0.438. The Hall–Kier alpha value is -1.61. The van der Waals surface area contributed by atoms with Gasteiger partial charge in [0.15, 0.2) is 5.78 Å². The van der Waals surface area contributed by atoms with Crippen LogP contribution in [-0.2, 0) is 4.79 Å². The normalized spacial score (nSPS) is 24.3. The zero-order valence-corrected chi connectivity index (χ0v) is 11.2. The first-order chi connectivity index (χ1) is 9.33. The summed E-state index contributed by atoms with van der Waals surface area (Å²) in [6.45, 7) is 2.43. The van der Waals surface area contributed by atoms with Crippen LogP contribution in [0.3, 0.4) is 0 Å². The molecule has 1 heterocycles. The number of hydrogen-bond donors (Lipinski definition) is 2. The van der Waals surface area contributed by atoms with Crippen LogP contribution in [0.15, 0.2) is 42.1 Å². The molecule has 1 aliphatic heterocycles. The summed E-state index contributed by atoms with van der Waals surface area (Å²) in [6, 6.07) is 10.3. The summed E-state index contributed by atoms with van der Waals surface area (Å²) in [5.74, 6) is 0.256. The summed E-state index contributed by atoms with van der Waals surface area (Å²) in [6.07, 6.45) is 6.77. The molecule has 1 aromatic carbocycles. The van der Waals surface area contributed by atoms with E-state index in [1.807, 2.05) is 30.3 Å². The largest absolute Gasteiger partial charge is 0.353 e. The van der Waals surface area contributed by atoms with E-state index in [1.165, 1.54) is 32.4 Å². The number of likely N-dealkylation sites (tertiary alicyclic amines) is 1. The highest BCUT2D eigenvalue weighted by Gasteiger charge is 2.32. The predicted molar refractivity (Wildman–Crippen MR) is 76.1 cm³/mol. The van der Waals surface area contributed by atoms with Crippen molar-refractivity contribution in [3.8, 4) is 0 Å². The lowest BCUT2D eigenvalue weighted by Crippen LogP contribution is -3.16. The summed E-state index contributed by atoms with van der Waals surface area (Å²) in [7, 11) is 0. The third-order valence-electron chi connectivity index (χ3n) is 4.15. The molecule has 0 saturated carbocycles. The van der Waals surface area contributed by atoms with Gasteiger partial charge in [0.1, 0.15) is 6.04 Å². The fourth-order valence-corrected chi connectivity index (χ4v) is 3.09. The molecule has 1 aromatic rings. The molecule has 19 heavy (non-hydrogen) atoms. The van der Waals surface area contributed by atoms with E-state index in [-0.39, 0.29) is 5.78 Å². The van der Waals surface area contributed by atoms with Crippen molar-refractivity contribution in [1.82, 2.24) is 0 Å². The zero-order valence-electron chi connectivity index (χ0n) is 11.2. The average molecular weight is 257 g/mol. The fourth-order valence-electron chi connectivity index (χ4n) is 3.09. The maximum atomic E-state index is 12.1. The summed E-state index contributed by atoms with van der Waals surface area (Å²) in [4.78, 5) is 13.7. The van der Waals surface area contributed by atoms with Crippen LogP contribution in [0.5, 0.6) is 0 Å². The van der Waals surface area contributed by atoms with E-state index >= 15 is 0 Å². The van der Waals surface area contributed by atoms with E-state index in [0.29, 0.717) is 12.5 Å². The van der Waals surface area contributed by atoms with E-state index in [9.17, 15) is 4.79 Å². The number of benzene rings is 1. The van der Waals surface area contributed by atoms with Gasteiger partial charge in [-0.15, -0.1) is 0 Å². The second kappa shape index (κ2) is 5.57. The maximum Gasteiger partial charge on any atom is 0.185 e. The van der Waals surface area contributed by atoms with Crippen LogP contribution in [0, 0.1) is 0 Å². The number of para-hydroxylation sites is 1. The molecule has 0 spiro atoms. The van der Waals surface area contributed by atoms with Crippen molar-refractivity contribution in [3.63, 3.8) is 0 Å². The molecule has 2 N–H and O–H groups in total. The molecule has 1 atom stereocenters. The molecule has 3 nitrogen and oxygen atoms in total. The van der Waals surface area contributed by atoms with E-state index in [2.05, 4.69) is 11.4 Å². The number of rotatable bonds is 3. The van der Waals surface area contributed by atoms with Gasteiger partial charge in [-0.1, -0.05) is 18.2 Å². The van der Waals surface area contributed by atoms with Crippen molar-refractivity contribution >= 4 is 11.5 Å². The molecule has 100 valence electrons. The molecule has 0 aromatic heterocycles. The molecule has 3 rings (SSSR count). The third-order valence-corrected chi connectivity index (χ3v) is 4.15. The Labute approximate surface area is 114 Å². The number of anilines is 1. The van der Waals surface area contributed by atoms with Gasteiger partial charge in [0.05, 0.1) is 25.2 Å². The van der Waals surface area contributed by atoms with Gasteiger partial charge in [-0.2, -0.15) is 0 Å². The SMILES string of the molecule is O=C1C[C@H]([NH+]2CCCCC2)C=C1Nc1ccccc1. The first kappa shape index (κ1) is 12.4. The number of carbonyl (C=O) groups is 1. The van der Waals surface area contributed by atoms with Crippen LogP contribution in [0.4, 0.5) is 5.69 Å². The molecule has 1 fully saturated rings. The van der Waals surface area contributed by atoms with Gasteiger partial charge in [0, 0.05) is 11.8 Å². The quantitative estimate of drug-likeness (QED) is 0.858. The first-order valence-corrected chi connectivity index (χ1v) is 7.24. The van der Waals surface area contributed by atoms with Crippen LogP contribution in [0.1, 0.15) is 25.7 Å². The highest BCUT2D eigenvalue weighted by Crippen LogP contribution is 2.17. The van der Waals surface area contributed by atoms with Crippen molar-refractivity contribution in [1.29, 1.82) is 0 Å². The smallest absolute Gasteiger partial charge is 0.185 e. The van der Waals surface area contributed by atoms with Gasteiger partial charge in [0.2, 0.25) is 0 Å². The zero-order chi connectivity index (χ0) is 13.1. The number of piperidine rings is 1. The Morgan fingerprint density at radius 2 is 1.79 bits per heavy atom. The van der Waals surface area contributed by atoms with Gasteiger partial charge in [0.25, 0.3) is 0 Å². The van der Waals surface area contributed by atoms with E-state index < -0.39 is 0 Å². The van der Waals surface area contributed by atoms with Gasteiger partial charge >= 0.3 is 0 Å². The van der Waals surface area contributed by atoms with Crippen LogP contribution in [-0.4, -0.2) is 24.9 Å². The minimum Gasteiger partial charge on any atom is -0.353 e. The third kappa shape index (κ3) is 2.87. The molecule has 0 amide bonds. The van der Waals surface area contributed by atoms with Gasteiger partial charge in [-0.05, 0) is 31.4 Å². The Morgan fingerprint density at radius 3 is 2.53 bits per heavy atom. The number of Topliss-reactive ketones (excluding diaryl/α,β-unsaturated/α-hetero) is 1. The summed E-state index contributed by atoms with van der Waals surface area (Å²) in [5, 5.41) is 3.26. The Morgan fingerprint density at radius 1 is 1.05 bits per heavy atom. The number of nitrogens with one attached hydrogen (secondary N) is 2. The number of quaternary nitrogens is 1. The Bertz CT molecular complexity index is 475. The molecule has 0 bridgehead atoms. The molecule has 0 radical (unpaired) electrons. The standard InChI is InChI=1S/C16H20N2O/c19-16-12-14(18-9-5-2-6-10-18)11-15(16)17-13-7-3-1-4-8-13/h1,3-4,7-8,11,14,17H,2,5-6,9-10,12H2/p+1/t14-/m1/s1. The van der Waals surface area contributed by atoms with E-state index in [0.717, 1.165) is 11.4 Å². The second-order valence-corrected chi connectivity index (χ2v) is 5.52. The molecule has 1 aliphatic carbocycles. The molecule has 3 heteroatoms. The number of carbonyl (C=O) groups excluding carboxylic acids is 1. The molecule has 2 aliphatic rings. The van der Waals surface area contributed by atoms with Gasteiger partial charge < -0.3 is 10.2 Å². The van der Waals surface area contributed by atoms with Crippen molar-refractivity contribution in [3.05, 3.63) is 42.1 Å².